The maximum absolute atomic E-state index is 5.86. The second-order valence-electron chi connectivity index (χ2n) is 2.41. The SMILES string of the molecule is CC#CC1(N)C=CC=CC1. The Bertz CT molecular complexity index is 227. The van der Waals surface area contributed by atoms with Crippen molar-refractivity contribution in [3.05, 3.63) is 24.3 Å². The molecule has 0 bridgehead atoms. The van der Waals surface area contributed by atoms with Gasteiger partial charge in [-0.1, -0.05) is 30.2 Å². The maximum Gasteiger partial charge on any atom is 0.0999 e. The van der Waals surface area contributed by atoms with E-state index in [0.717, 1.165) is 6.42 Å². The van der Waals surface area contributed by atoms with Gasteiger partial charge in [0, 0.05) is 0 Å². The molecule has 1 heteroatoms. The normalized spacial score (nSPS) is 29.4. The summed E-state index contributed by atoms with van der Waals surface area (Å²) in [6.07, 6.45) is 8.72. The highest BCUT2D eigenvalue weighted by Crippen LogP contribution is 2.12. The standard InChI is InChI=1S/C9H11N/c1-2-6-9(10)7-4-3-5-8-9/h3-5,7H,8,10H2,1H3. The molecule has 2 N–H and O–H groups in total. The molecule has 1 nitrogen and oxygen atoms in total. The third kappa shape index (κ3) is 1.49. The van der Waals surface area contributed by atoms with Gasteiger partial charge in [0.1, 0.15) is 0 Å². The van der Waals surface area contributed by atoms with Crippen molar-refractivity contribution in [1.29, 1.82) is 0 Å². The van der Waals surface area contributed by atoms with Gasteiger partial charge >= 0.3 is 0 Å². The predicted molar refractivity (Wildman–Crippen MR) is 43.3 cm³/mol. The van der Waals surface area contributed by atoms with E-state index in [9.17, 15) is 0 Å². The van der Waals surface area contributed by atoms with Gasteiger partial charge in [0.05, 0.1) is 5.54 Å². The summed E-state index contributed by atoms with van der Waals surface area (Å²) in [4.78, 5) is 0. The summed E-state index contributed by atoms with van der Waals surface area (Å²) in [5.41, 5.74) is 5.46. The van der Waals surface area contributed by atoms with E-state index in [0.29, 0.717) is 0 Å². The summed E-state index contributed by atoms with van der Waals surface area (Å²) < 4.78 is 0. The fraction of sp³-hybridized carbons (Fsp3) is 0.333. The minimum Gasteiger partial charge on any atom is -0.312 e. The molecule has 0 heterocycles. The van der Waals surface area contributed by atoms with Crippen molar-refractivity contribution in [2.45, 2.75) is 18.9 Å². The van der Waals surface area contributed by atoms with Crippen LogP contribution in [0.1, 0.15) is 13.3 Å². The van der Waals surface area contributed by atoms with Gasteiger partial charge in [0.25, 0.3) is 0 Å². The first kappa shape index (κ1) is 7.11. The molecule has 1 aliphatic rings. The van der Waals surface area contributed by atoms with Crippen molar-refractivity contribution in [1.82, 2.24) is 0 Å². The third-order valence-corrected chi connectivity index (χ3v) is 1.45. The molecule has 0 fully saturated rings. The van der Waals surface area contributed by atoms with Gasteiger partial charge in [-0.25, -0.2) is 0 Å². The topological polar surface area (TPSA) is 26.0 Å². The number of rotatable bonds is 0. The zero-order chi connectivity index (χ0) is 7.45. The summed E-state index contributed by atoms with van der Waals surface area (Å²) >= 11 is 0. The van der Waals surface area contributed by atoms with Crippen LogP contribution < -0.4 is 5.73 Å². The van der Waals surface area contributed by atoms with Gasteiger partial charge in [-0.2, -0.15) is 0 Å². The first-order valence-corrected chi connectivity index (χ1v) is 3.34. The molecule has 1 rings (SSSR count). The van der Waals surface area contributed by atoms with E-state index < -0.39 is 5.54 Å². The summed E-state index contributed by atoms with van der Waals surface area (Å²) in [6, 6.07) is 0. The van der Waals surface area contributed by atoms with Crippen LogP contribution in [-0.4, -0.2) is 5.54 Å². The van der Waals surface area contributed by atoms with Gasteiger partial charge in [0.15, 0.2) is 0 Å². The quantitative estimate of drug-likeness (QED) is 0.494. The lowest BCUT2D eigenvalue weighted by molar-refractivity contribution is 0.684. The second kappa shape index (κ2) is 2.72. The molecular weight excluding hydrogens is 122 g/mol. The van der Waals surface area contributed by atoms with Gasteiger partial charge in [-0.15, -0.1) is 5.92 Å². The Morgan fingerprint density at radius 2 is 2.30 bits per heavy atom. The average molecular weight is 133 g/mol. The van der Waals surface area contributed by atoms with Gasteiger partial charge < -0.3 is 5.73 Å². The molecular formula is C9H11N. The Morgan fingerprint density at radius 1 is 1.50 bits per heavy atom. The van der Waals surface area contributed by atoms with E-state index >= 15 is 0 Å². The molecule has 0 saturated heterocycles. The van der Waals surface area contributed by atoms with Crippen LogP contribution in [0.25, 0.3) is 0 Å². The van der Waals surface area contributed by atoms with Crippen molar-refractivity contribution in [3.8, 4) is 11.8 Å². The zero-order valence-corrected chi connectivity index (χ0v) is 6.09. The van der Waals surface area contributed by atoms with Crippen molar-refractivity contribution in [2.75, 3.05) is 0 Å². The first-order valence-electron chi connectivity index (χ1n) is 3.34. The Hall–Kier alpha value is -1.00. The Morgan fingerprint density at radius 3 is 2.80 bits per heavy atom. The molecule has 52 valence electrons. The van der Waals surface area contributed by atoms with Crippen LogP contribution in [0.5, 0.6) is 0 Å². The molecule has 0 radical (unpaired) electrons. The Kier molecular flexibility index (Phi) is 1.94. The molecule has 1 unspecified atom stereocenters. The molecule has 1 aliphatic carbocycles. The van der Waals surface area contributed by atoms with Crippen molar-refractivity contribution in [3.63, 3.8) is 0 Å². The molecule has 0 aromatic heterocycles. The highest BCUT2D eigenvalue weighted by Gasteiger charge is 2.16. The van der Waals surface area contributed by atoms with Crippen molar-refractivity contribution >= 4 is 0 Å². The fourth-order valence-corrected chi connectivity index (χ4v) is 0.962. The van der Waals surface area contributed by atoms with E-state index in [4.69, 9.17) is 5.73 Å². The molecule has 0 aliphatic heterocycles. The van der Waals surface area contributed by atoms with Gasteiger partial charge in [-0.05, 0) is 13.3 Å². The summed E-state index contributed by atoms with van der Waals surface area (Å²) in [7, 11) is 0. The van der Waals surface area contributed by atoms with Crippen LogP contribution in [0.2, 0.25) is 0 Å². The van der Waals surface area contributed by atoms with E-state index in [1.807, 2.05) is 24.3 Å². The summed E-state index contributed by atoms with van der Waals surface area (Å²) in [6.45, 7) is 1.81. The minimum absolute atomic E-state index is 0.399. The van der Waals surface area contributed by atoms with E-state index in [1.54, 1.807) is 6.92 Å². The summed E-state index contributed by atoms with van der Waals surface area (Å²) in [5.74, 6) is 5.77. The molecule has 10 heavy (non-hydrogen) atoms. The lowest BCUT2D eigenvalue weighted by Crippen LogP contribution is -2.35. The van der Waals surface area contributed by atoms with E-state index in [-0.39, 0.29) is 0 Å². The smallest absolute Gasteiger partial charge is 0.0999 e. The van der Waals surface area contributed by atoms with Crippen LogP contribution in [0.4, 0.5) is 0 Å². The fourth-order valence-electron chi connectivity index (χ4n) is 0.962. The monoisotopic (exact) mass is 133 g/mol. The van der Waals surface area contributed by atoms with Gasteiger partial charge in [-0.3, -0.25) is 0 Å². The first-order chi connectivity index (χ1) is 4.77. The molecule has 0 spiro atoms. The number of allylic oxidation sites excluding steroid dienone is 2. The number of nitrogens with two attached hydrogens (primary N) is 1. The van der Waals surface area contributed by atoms with Crippen LogP contribution >= 0.6 is 0 Å². The summed E-state index contributed by atoms with van der Waals surface area (Å²) in [5, 5.41) is 0. The van der Waals surface area contributed by atoms with Crippen LogP contribution in [-0.2, 0) is 0 Å². The van der Waals surface area contributed by atoms with Crippen LogP contribution in [0.3, 0.4) is 0 Å². The van der Waals surface area contributed by atoms with Crippen molar-refractivity contribution in [2.24, 2.45) is 5.73 Å². The predicted octanol–water partition coefficient (Wildman–Crippen LogP) is 1.22. The third-order valence-electron chi connectivity index (χ3n) is 1.45. The maximum atomic E-state index is 5.86. The lowest BCUT2D eigenvalue weighted by atomic mass is 9.93. The molecule has 1 atom stereocenters. The highest BCUT2D eigenvalue weighted by atomic mass is 14.7. The number of hydrogen-bond acceptors (Lipinski definition) is 1. The molecule has 0 saturated carbocycles. The molecule has 0 aromatic carbocycles. The highest BCUT2D eigenvalue weighted by molar-refractivity contribution is 5.31. The van der Waals surface area contributed by atoms with Crippen LogP contribution in [0.15, 0.2) is 24.3 Å². The van der Waals surface area contributed by atoms with E-state index in [2.05, 4.69) is 11.8 Å². The number of hydrogen-bond donors (Lipinski definition) is 1. The van der Waals surface area contributed by atoms with Crippen molar-refractivity contribution < 1.29 is 0 Å². The minimum atomic E-state index is -0.399. The molecule has 0 amide bonds. The molecule has 0 aromatic rings. The van der Waals surface area contributed by atoms with Gasteiger partial charge in [0.2, 0.25) is 0 Å². The largest absolute Gasteiger partial charge is 0.312 e. The zero-order valence-electron chi connectivity index (χ0n) is 6.09. The lowest BCUT2D eigenvalue weighted by Gasteiger charge is -2.18. The van der Waals surface area contributed by atoms with Crippen LogP contribution in [0, 0.1) is 11.8 Å². The average Bonchev–Trinajstić information content (AvgIpc) is 1.89. The Balaban J connectivity index is 2.77. The Labute approximate surface area is 61.6 Å². The second-order valence-corrected chi connectivity index (χ2v) is 2.41. The van der Waals surface area contributed by atoms with E-state index in [1.165, 1.54) is 0 Å².